The zero-order valence-corrected chi connectivity index (χ0v) is 13.0. The van der Waals surface area contributed by atoms with E-state index in [1.807, 2.05) is 25.6 Å². The second kappa shape index (κ2) is 6.48. The standard InChI is InChI=1S/C15H22N2O2S/c1-9(2)13-6-10(15(18)19)7-14(17-13)16-11-4-5-12(8-11)20-3/h6-7,9,11-12H,4-5,8H2,1-3H3,(H,16,17)(H,18,19). The molecule has 0 radical (unpaired) electrons. The van der Waals surface area contributed by atoms with Crippen molar-refractivity contribution in [2.45, 2.75) is 50.3 Å². The van der Waals surface area contributed by atoms with Gasteiger partial charge < -0.3 is 10.4 Å². The molecule has 4 nitrogen and oxygen atoms in total. The molecule has 0 amide bonds. The zero-order valence-electron chi connectivity index (χ0n) is 12.2. The number of aromatic carboxylic acids is 1. The smallest absolute Gasteiger partial charge is 0.335 e. The Hall–Kier alpha value is -1.23. The monoisotopic (exact) mass is 294 g/mol. The number of pyridine rings is 1. The quantitative estimate of drug-likeness (QED) is 0.869. The average molecular weight is 294 g/mol. The Labute approximate surface area is 124 Å². The van der Waals surface area contributed by atoms with Crippen molar-refractivity contribution < 1.29 is 9.90 Å². The van der Waals surface area contributed by atoms with Crippen molar-refractivity contribution in [1.29, 1.82) is 0 Å². The van der Waals surface area contributed by atoms with Crippen molar-refractivity contribution in [3.05, 3.63) is 23.4 Å². The molecule has 2 atom stereocenters. The molecule has 2 rings (SSSR count). The second-order valence-corrected chi connectivity index (χ2v) is 6.78. The van der Waals surface area contributed by atoms with Gasteiger partial charge in [-0.1, -0.05) is 13.8 Å². The Kier molecular flexibility index (Phi) is 4.91. The van der Waals surface area contributed by atoms with Crippen LogP contribution in [0.4, 0.5) is 5.82 Å². The molecule has 0 spiro atoms. The summed E-state index contributed by atoms with van der Waals surface area (Å²) in [6, 6.07) is 3.71. The van der Waals surface area contributed by atoms with E-state index in [9.17, 15) is 9.90 Å². The van der Waals surface area contributed by atoms with Gasteiger partial charge in [0, 0.05) is 17.0 Å². The molecule has 1 fully saturated rings. The Morgan fingerprint density at radius 3 is 2.75 bits per heavy atom. The third-order valence-corrected chi connectivity index (χ3v) is 4.85. The van der Waals surface area contributed by atoms with Crippen LogP contribution >= 0.6 is 11.8 Å². The summed E-state index contributed by atoms with van der Waals surface area (Å²) in [4.78, 5) is 15.8. The fourth-order valence-corrected chi connectivity index (χ4v) is 3.34. The van der Waals surface area contributed by atoms with E-state index in [-0.39, 0.29) is 5.92 Å². The van der Waals surface area contributed by atoms with E-state index in [0.29, 0.717) is 22.7 Å². The topological polar surface area (TPSA) is 62.2 Å². The third kappa shape index (κ3) is 3.66. The number of rotatable bonds is 5. The predicted octanol–water partition coefficient (Wildman–Crippen LogP) is 3.60. The molecule has 0 saturated heterocycles. The van der Waals surface area contributed by atoms with Crippen LogP contribution in [0.5, 0.6) is 0 Å². The molecule has 5 heteroatoms. The van der Waals surface area contributed by atoms with Gasteiger partial charge in [0.25, 0.3) is 0 Å². The van der Waals surface area contributed by atoms with E-state index in [0.717, 1.165) is 18.5 Å². The number of carboxylic acid groups (broad SMARTS) is 1. The molecule has 2 unspecified atom stereocenters. The minimum Gasteiger partial charge on any atom is -0.478 e. The van der Waals surface area contributed by atoms with Gasteiger partial charge in [0.2, 0.25) is 0 Å². The Morgan fingerprint density at radius 2 is 2.20 bits per heavy atom. The van der Waals surface area contributed by atoms with Gasteiger partial charge in [0.15, 0.2) is 0 Å². The van der Waals surface area contributed by atoms with E-state index in [1.54, 1.807) is 12.1 Å². The highest BCUT2D eigenvalue weighted by Crippen LogP contribution is 2.30. The summed E-state index contributed by atoms with van der Waals surface area (Å²) in [5.41, 5.74) is 1.14. The maximum Gasteiger partial charge on any atom is 0.335 e. The lowest BCUT2D eigenvalue weighted by atomic mass is 10.1. The third-order valence-electron chi connectivity index (χ3n) is 3.75. The zero-order chi connectivity index (χ0) is 14.7. The van der Waals surface area contributed by atoms with Crippen molar-refractivity contribution in [3.63, 3.8) is 0 Å². The van der Waals surface area contributed by atoms with Gasteiger partial charge in [0.1, 0.15) is 5.82 Å². The molecule has 0 aromatic carbocycles. The fraction of sp³-hybridized carbons (Fsp3) is 0.600. The molecule has 1 saturated carbocycles. The average Bonchev–Trinajstić information content (AvgIpc) is 2.85. The number of nitrogens with zero attached hydrogens (tertiary/aromatic N) is 1. The van der Waals surface area contributed by atoms with E-state index in [2.05, 4.69) is 16.6 Å². The predicted molar refractivity (Wildman–Crippen MR) is 83.9 cm³/mol. The van der Waals surface area contributed by atoms with Crippen LogP contribution in [0.25, 0.3) is 0 Å². The van der Waals surface area contributed by atoms with Crippen LogP contribution < -0.4 is 5.32 Å². The van der Waals surface area contributed by atoms with Crippen LogP contribution in [0.2, 0.25) is 0 Å². The first kappa shape index (κ1) is 15.2. The van der Waals surface area contributed by atoms with Crippen molar-refractivity contribution in [3.8, 4) is 0 Å². The number of hydrogen-bond acceptors (Lipinski definition) is 4. The highest BCUT2D eigenvalue weighted by atomic mass is 32.2. The minimum atomic E-state index is -0.897. The molecule has 2 N–H and O–H groups in total. The number of anilines is 1. The minimum absolute atomic E-state index is 0.220. The van der Waals surface area contributed by atoms with Crippen LogP contribution in [0, 0.1) is 0 Å². The van der Waals surface area contributed by atoms with Crippen LogP contribution in [0.3, 0.4) is 0 Å². The first-order valence-electron chi connectivity index (χ1n) is 7.04. The van der Waals surface area contributed by atoms with Gasteiger partial charge in [-0.3, -0.25) is 0 Å². The summed E-state index contributed by atoms with van der Waals surface area (Å²) < 4.78 is 0. The molecule has 0 aliphatic heterocycles. The lowest BCUT2D eigenvalue weighted by Crippen LogP contribution is -2.18. The van der Waals surface area contributed by atoms with Crippen molar-refractivity contribution in [2.75, 3.05) is 11.6 Å². The van der Waals surface area contributed by atoms with Crippen molar-refractivity contribution in [1.82, 2.24) is 4.98 Å². The molecular weight excluding hydrogens is 272 g/mol. The lowest BCUT2D eigenvalue weighted by Gasteiger charge is -2.16. The van der Waals surface area contributed by atoms with E-state index in [4.69, 9.17) is 0 Å². The maximum atomic E-state index is 11.2. The van der Waals surface area contributed by atoms with Crippen molar-refractivity contribution in [2.24, 2.45) is 0 Å². The largest absolute Gasteiger partial charge is 0.478 e. The molecule has 1 aliphatic carbocycles. The summed E-state index contributed by atoms with van der Waals surface area (Å²) in [6.45, 7) is 4.05. The molecule has 1 heterocycles. The molecule has 20 heavy (non-hydrogen) atoms. The number of hydrogen-bond donors (Lipinski definition) is 2. The van der Waals surface area contributed by atoms with Gasteiger partial charge in [-0.25, -0.2) is 9.78 Å². The van der Waals surface area contributed by atoms with E-state index >= 15 is 0 Å². The van der Waals surface area contributed by atoms with E-state index < -0.39 is 5.97 Å². The highest BCUT2D eigenvalue weighted by Gasteiger charge is 2.24. The number of carbonyl (C=O) groups is 1. The molecule has 0 bridgehead atoms. The lowest BCUT2D eigenvalue weighted by molar-refractivity contribution is 0.0696. The van der Waals surface area contributed by atoms with Gasteiger partial charge >= 0.3 is 5.97 Å². The van der Waals surface area contributed by atoms with Crippen LogP contribution in [0.1, 0.15) is 55.1 Å². The van der Waals surface area contributed by atoms with E-state index in [1.165, 1.54) is 6.42 Å². The van der Waals surface area contributed by atoms with Gasteiger partial charge in [0.05, 0.1) is 5.56 Å². The van der Waals surface area contributed by atoms with Crippen molar-refractivity contribution >= 4 is 23.5 Å². The number of aromatic nitrogens is 1. The number of thioether (sulfide) groups is 1. The first-order chi connectivity index (χ1) is 9.49. The summed E-state index contributed by atoms with van der Waals surface area (Å²) in [5, 5.41) is 13.3. The second-order valence-electron chi connectivity index (χ2n) is 5.64. The highest BCUT2D eigenvalue weighted by molar-refractivity contribution is 7.99. The molecular formula is C15H22N2O2S. The normalized spacial score (nSPS) is 22.2. The van der Waals surface area contributed by atoms with Crippen LogP contribution in [-0.4, -0.2) is 33.6 Å². The number of carboxylic acids is 1. The molecule has 1 aliphatic rings. The van der Waals surface area contributed by atoms with Gasteiger partial charge in [-0.15, -0.1) is 0 Å². The summed E-state index contributed by atoms with van der Waals surface area (Å²) in [6.07, 6.45) is 5.61. The molecule has 1 aromatic rings. The Morgan fingerprint density at radius 1 is 1.45 bits per heavy atom. The molecule has 1 aromatic heterocycles. The Balaban J connectivity index is 2.16. The summed E-state index contributed by atoms with van der Waals surface area (Å²) in [5.74, 6) is 0.0171. The SMILES string of the molecule is CSC1CCC(Nc2cc(C(=O)O)cc(C(C)C)n2)C1. The summed E-state index contributed by atoms with van der Waals surface area (Å²) in [7, 11) is 0. The molecule has 110 valence electrons. The van der Waals surface area contributed by atoms with Gasteiger partial charge in [-0.2, -0.15) is 11.8 Å². The Bertz CT molecular complexity index is 491. The van der Waals surface area contributed by atoms with Gasteiger partial charge in [-0.05, 0) is 43.6 Å². The maximum absolute atomic E-state index is 11.2. The first-order valence-corrected chi connectivity index (χ1v) is 8.33. The van der Waals surface area contributed by atoms with Crippen LogP contribution in [-0.2, 0) is 0 Å². The van der Waals surface area contributed by atoms with Crippen LogP contribution in [0.15, 0.2) is 12.1 Å². The summed E-state index contributed by atoms with van der Waals surface area (Å²) >= 11 is 1.91. The fourth-order valence-electron chi connectivity index (χ4n) is 2.54. The number of nitrogens with one attached hydrogen (secondary N) is 1.